The van der Waals surface area contributed by atoms with Crippen LogP contribution in [0.1, 0.15) is 20.3 Å². The molecular formula is C17H15Cl2FN4. The van der Waals surface area contributed by atoms with E-state index >= 15 is 0 Å². The van der Waals surface area contributed by atoms with Crippen molar-refractivity contribution in [2.24, 2.45) is 0 Å². The molecule has 124 valence electrons. The Kier molecular flexibility index (Phi) is 4.83. The van der Waals surface area contributed by atoms with Gasteiger partial charge in [-0.3, -0.25) is 0 Å². The van der Waals surface area contributed by atoms with Crippen LogP contribution in [-0.4, -0.2) is 21.0 Å². The fourth-order valence-corrected chi connectivity index (χ4v) is 2.93. The monoisotopic (exact) mass is 364 g/mol. The summed E-state index contributed by atoms with van der Waals surface area (Å²) in [5, 5.41) is 3.79. The van der Waals surface area contributed by atoms with Gasteiger partial charge < -0.3 is 5.32 Å². The normalized spacial score (nSPS) is 12.4. The molecule has 0 aliphatic heterocycles. The van der Waals surface area contributed by atoms with Gasteiger partial charge in [-0.15, -0.1) is 0 Å². The van der Waals surface area contributed by atoms with Gasteiger partial charge in [0.25, 0.3) is 0 Å². The lowest BCUT2D eigenvalue weighted by Gasteiger charge is -2.18. The second-order valence-electron chi connectivity index (χ2n) is 5.43. The zero-order valence-electron chi connectivity index (χ0n) is 13.1. The number of hydrogen-bond acceptors (Lipinski definition) is 4. The van der Waals surface area contributed by atoms with Crippen molar-refractivity contribution in [2.75, 3.05) is 5.32 Å². The molecule has 0 spiro atoms. The molecule has 1 N–H and O–H groups in total. The Bertz CT molecular complexity index is 881. The summed E-state index contributed by atoms with van der Waals surface area (Å²) >= 11 is 12.8. The maximum atomic E-state index is 14.5. The number of nitrogens with zero attached hydrogens (tertiary/aromatic N) is 3. The maximum Gasteiger partial charge on any atom is 0.181 e. The van der Waals surface area contributed by atoms with E-state index in [9.17, 15) is 4.39 Å². The molecule has 0 bridgehead atoms. The third-order valence-corrected chi connectivity index (χ3v) is 4.45. The Morgan fingerprint density at radius 1 is 1.17 bits per heavy atom. The third kappa shape index (κ3) is 3.01. The summed E-state index contributed by atoms with van der Waals surface area (Å²) in [6, 6.07) is 4.62. The highest BCUT2D eigenvalue weighted by Crippen LogP contribution is 2.42. The van der Waals surface area contributed by atoms with Gasteiger partial charge in [0.05, 0.1) is 10.0 Å². The van der Waals surface area contributed by atoms with E-state index in [1.54, 1.807) is 12.1 Å². The highest BCUT2D eigenvalue weighted by atomic mass is 35.5. The minimum Gasteiger partial charge on any atom is -0.367 e. The zero-order valence-corrected chi connectivity index (χ0v) is 14.7. The van der Waals surface area contributed by atoms with Crippen LogP contribution in [0.4, 0.5) is 10.2 Å². The SMILES string of the molecule is CCC(C)Nc1nc2nccnc2c(Cl)c1-c1c(F)cccc1Cl. The fourth-order valence-electron chi connectivity index (χ4n) is 2.36. The average molecular weight is 365 g/mol. The standard InChI is InChI=1S/C17H15Cl2FN4/c1-3-9(2)23-16-13(12-10(18)5-4-6-11(12)20)14(19)15-17(24-16)22-8-7-21-15/h4-9H,3H2,1-2H3,(H,22,23,24). The number of anilines is 1. The zero-order chi connectivity index (χ0) is 17.3. The summed E-state index contributed by atoms with van der Waals surface area (Å²) in [5.41, 5.74) is 1.40. The van der Waals surface area contributed by atoms with Crippen molar-refractivity contribution in [3.8, 4) is 11.1 Å². The van der Waals surface area contributed by atoms with Gasteiger partial charge in [0.15, 0.2) is 5.65 Å². The van der Waals surface area contributed by atoms with Crippen LogP contribution in [0.25, 0.3) is 22.3 Å². The van der Waals surface area contributed by atoms with Gasteiger partial charge in [-0.05, 0) is 25.5 Å². The molecule has 0 fully saturated rings. The van der Waals surface area contributed by atoms with Crippen LogP contribution in [0, 0.1) is 5.82 Å². The fraction of sp³-hybridized carbons (Fsp3) is 0.235. The van der Waals surface area contributed by atoms with Gasteiger partial charge in [0.1, 0.15) is 17.2 Å². The largest absolute Gasteiger partial charge is 0.367 e. The molecule has 2 aromatic heterocycles. The van der Waals surface area contributed by atoms with Crippen LogP contribution in [0.5, 0.6) is 0 Å². The van der Waals surface area contributed by atoms with Crippen LogP contribution < -0.4 is 5.32 Å². The van der Waals surface area contributed by atoms with Crippen molar-refractivity contribution in [3.63, 3.8) is 0 Å². The summed E-state index contributed by atoms with van der Waals surface area (Å²) in [6.07, 6.45) is 3.92. The molecule has 0 radical (unpaired) electrons. The second kappa shape index (κ2) is 6.87. The van der Waals surface area contributed by atoms with Crippen molar-refractivity contribution >= 4 is 40.2 Å². The van der Waals surface area contributed by atoms with Gasteiger partial charge in [0.2, 0.25) is 0 Å². The van der Waals surface area contributed by atoms with E-state index in [2.05, 4.69) is 20.3 Å². The third-order valence-electron chi connectivity index (χ3n) is 3.77. The Hall–Kier alpha value is -1.98. The molecule has 0 amide bonds. The van der Waals surface area contributed by atoms with E-state index in [-0.39, 0.29) is 21.7 Å². The van der Waals surface area contributed by atoms with Crippen molar-refractivity contribution < 1.29 is 4.39 Å². The maximum absolute atomic E-state index is 14.5. The number of pyridine rings is 1. The summed E-state index contributed by atoms with van der Waals surface area (Å²) < 4.78 is 14.5. The van der Waals surface area contributed by atoms with Crippen LogP contribution in [-0.2, 0) is 0 Å². The van der Waals surface area contributed by atoms with Gasteiger partial charge in [-0.2, -0.15) is 0 Å². The van der Waals surface area contributed by atoms with Crippen molar-refractivity contribution in [1.29, 1.82) is 0 Å². The molecule has 0 saturated carbocycles. The van der Waals surface area contributed by atoms with E-state index in [1.807, 2.05) is 13.8 Å². The molecule has 7 heteroatoms. The van der Waals surface area contributed by atoms with Gasteiger partial charge in [-0.1, -0.05) is 36.2 Å². The first kappa shape index (κ1) is 16.9. The smallest absolute Gasteiger partial charge is 0.181 e. The quantitative estimate of drug-likeness (QED) is 0.677. The molecule has 1 aromatic carbocycles. The Morgan fingerprint density at radius 2 is 1.92 bits per heavy atom. The lowest BCUT2D eigenvalue weighted by Crippen LogP contribution is -2.16. The molecule has 1 unspecified atom stereocenters. The van der Waals surface area contributed by atoms with Gasteiger partial charge in [-0.25, -0.2) is 19.3 Å². The first-order chi connectivity index (χ1) is 11.5. The van der Waals surface area contributed by atoms with E-state index in [1.165, 1.54) is 18.5 Å². The summed E-state index contributed by atoms with van der Waals surface area (Å²) in [4.78, 5) is 12.9. The lowest BCUT2D eigenvalue weighted by atomic mass is 10.0. The molecule has 0 saturated heterocycles. The number of aromatic nitrogens is 3. The van der Waals surface area contributed by atoms with E-state index in [4.69, 9.17) is 23.2 Å². The Balaban J connectivity index is 2.35. The molecule has 3 aromatic rings. The molecule has 2 heterocycles. The van der Waals surface area contributed by atoms with Gasteiger partial charge >= 0.3 is 0 Å². The lowest BCUT2D eigenvalue weighted by molar-refractivity contribution is 0.631. The molecular weight excluding hydrogens is 350 g/mol. The van der Waals surface area contributed by atoms with Gasteiger partial charge in [0, 0.05) is 29.6 Å². The van der Waals surface area contributed by atoms with Crippen LogP contribution in [0.15, 0.2) is 30.6 Å². The highest BCUT2D eigenvalue weighted by Gasteiger charge is 2.22. The first-order valence-electron chi connectivity index (χ1n) is 7.54. The second-order valence-corrected chi connectivity index (χ2v) is 6.21. The summed E-state index contributed by atoms with van der Waals surface area (Å²) in [6.45, 7) is 4.04. The highest BCUT2D eigenvalue weighted by molar-refractivity contribution is 6.40. The predicted octanol–water partition coefficient (Wildman–Crippen LogP) is 5.35. The van der Waals surface area contributed by atoms with E-state index < -0.39 is 5.82 Å². The number of benzene rings is 1. The molecule has 3 rings (SSSR count). The van der Waals surface area contributed by atoms with Crippen LogP contribution in [0.3, 0.4) is 0 Å². The number of rotatable bonds is 4. The Labute approximate surface area is 149 Å². The van der Waals surface area contributed by atoms with Crippen LogP contribution >= 0.6 is 23.2 Å². The van der Waals surface area contributed by atoms with E-state index in [0.717, 1.165) is 6.42 Å². The van der Waals surface area contributed by atoms with E-state index in [0.29, 0.717) is 22.5 Å². The molecule has 1 atom stereocenters. The summed E-state index contributed by atoms with van der Waals surface area (Å²) in [7, 11) is 0. The van der Waals surface area contributed by atoms with Crippen molar-refractivity contribution in [1.82, 2.24) is 15.0 Å². The van der Waals surface area contributed by atoms with Crippen molar-refractivity contribution in [2.45, 2.75) is 26.3 Å². The van der Waals surface area contributed by atoms with Crippen molar-refractivity contribution in [3.05, 3.63) is 46.5 Å². The number of nitrogens with one attached hydrogen (secondary N) is 1. The minimum absolute atomic E-state index is 0.118. The minimum atomic E-state index is -0.471. The number of halogens is 3. The number of hydrogen-bond donors (Lipinski definition) is 1. The Morgan fingerprint density at radius 3 is 2.62 bits per heavy atom. The van der Waals surface area contributed by atoms with Crippen LogP contribution in [0.2, 0.25) is 10.0 Å². The average Bonchev–Trinajstić information content (AvgIpc) is 2.57. The topological polar surface area (TPSA) is 50.7 Å². The molecule has 0 aliphatic carbocycles. The first-order valence-corrected chi connectivity index (χ1v) is 8.29. The molecule has 4 nitrogen and oxygen atoms in total. The number of fused-ring (bicyclic) bond motifs is 1. The molecule has 24 heavy (non-hydrogen) atoms. The summed E-state index contributed by atoms with van der Waals surface area (Å²) in [5.74, 6) is -0.0315. The molecule has 0 aliphatic rings. The predicted molar refractivity (Wildman–Crippen MR) is 96.1 cm³/mol.